The third-order valence-electron chi connectivity index (χ3n) is 2.61. The monoisotopic (exact) mass is 269 g/mol. The van der Waals surface area contributed by atoms with Gasteiger partial charge in [-0.2, -0.15) is 5.10 Å². The SMILES string of the molecule is Cc1nn(C)cc1CNCCc1ccc(Cl)s1. The molecule has 0 saturated carbocycles. The van der Waals surface area contributed by atoms with Gasteiger partial charge in [0.05, 0.1) is 10.0 Å². The molecule has 5 heteroatoms. The summed E-state index contributed by atoms with van der Waals surface area (Å²) in [6.45, 7) is 3.88. The van der Waals surface area contributed by atoms with E-state index in [9.17, 15) is 0 Å². The summed E-state index contributed by atoms with van der Waals surface area (Å²) in [5.41, 5.74) is 2.36. The normalized spacial score (nSPS) is 11.0. The minimum absolute atomic E-state index is 0.864. The van der Waals surface area contributed by atoms with Gasteiger partial charge in [0.15, 0.2) is 0 Å². The molecule has 0 unspecified atom stereocenters. The van der Waals surface area contributed by atoms with E-state index in [0.29, 0.717) is 0 Å². The molecule has 0 saturated heterocycles. The Hall–Kier alpha value is -0.840. The second kappa shape index (κ2) is 5.67. The molecule has 1 N–H and O–H groups in total. The van der Waals surface area contributed by atoms with Gasteiger partial charge in [-0.05, 0) is 25.5 Å². The van der Waals surface area contributed by atoms with Crippen molar-refractivity contribution in [2.45, 2.75) is 19.9 Å². The van der Waals surface area contributed by atoms with E-state index >= 15 is 0 Å². The number of aryl methyl sites for hydroxylation is 2. The molecule has 2 aromatic heterocycles. The van der Waals surface area contributed by atoms with Gasteiger partial charge in [-0.25, -0.2) is 0 Å². The summed E-state index contributed by atoms with van der Waals surface area (Å²) in [4.78, 5) is 1.32. The fraction of sp³-hybridized carbons (Fsp3) is 0.417. The summed E-state index contributed by atoms with van der Waals surface area (Å²) in [7, 11) is 1.95. The molecule has 3 nitrogen and oxygen atoms in total. The molecule has 0 radical (unpaired) electrons. The maximum absolute atomic E-state index is 5.88. The van der Waals surface area contributed by atoms with Crippen LogP contribution in [0.1, 0.15) is 16.1 Å². The standard InChI is InChI=1S/C12H16ClN3S/c1-9-10(8-16(2)15-9)7-14-6-5-11-3-4-12(13)17-11/h3-4,8,14H,5-7H2,1-2H3. The molecular weight excluding hydrogens is 254 g/mol. The van der Waals surface area contributed by atoms with Gasteiger partial charge in [-0.15, -0.1) is 11.3 Å². The molecule has 0 aromatic carbocycles. The lowest BCUT2D eigenvalue weighted by Crippen LogP contribution is -2.16. The number of rotatable bonds is 5. The van der Waals surface area contributed by atoms with Gasteiger partial charge in [0.2, 0.25) is 0 Å². The van der Waals surface area contributed by atoms with E-state index in [1.807, 2.05) is 24.7 Å². The van der Waals surface area contributed by atoms with Crippen LogP contribution in [0.5, 0.6) is 0 Å². The Morgan fingerprint density at radius 1 is 1.47 bits per heavy atom. The van der Waals surface area contributed by atoms with Crippen molar-refractivity contribution in [1.29, 1.82) is 0 Å². The first-order valence-corrected chi connectivity index (χ1v) is 6.78. The highest BCUT2D eigenvalue weighted by atomic mass is 35.5. The maximum atomic E-state index is 5.88. The predicted molar refractivity (Wildman–Crippen MR) is 72.7 cm³/mol. The Kier molecular flexibility index (Phi) is 4.20. The van der Waals surface area contributed by atoms with Crippen LogP contribution in [0.3, 0.4) is 0 Å². The Balaban J connectivity index is 1.75. The van der Waals surface area contributed by atoms with Crippen LogP contribution in [0.25, 0.3) is 0 Å². The van der Waals surface area contributed by atoms with Gasteiger partial charge >= 0.3 is 0 Å². The summed E-state index contributed by atoms with van der Waals surface area (Å²) < 4.78 is 2.72. The highest BCUT2D eigenvalue weighted by Gasteiger charge is 2.02. The molecule has 0 atom stereocenters. The van der Waals surface area contributed by atoms with Crippen LogP contribution >= 0.6 is 22.9 Å². The lowest BCUT2D eigenvalue weighted by atomic mass is 10.2. The number of hydrogen-bond acceptors (Lipinski definition) is 3. The maximum Gasteiger partial charge on any atom is 0.0931 e. The molecule has 2 aromatic rings. The van der Waals surface area contributed by atoms with E-state index in [0.717, 1.165) is 29.5 Å². The highest BCUT2D eigenvalue weighted by molar-refractivity contribution is 7.16. The molecule has 0 aliphatic rings. The van der Waals surface area contributed by atoms with Crippen LogP contribution in [-0.4, -0.2) is 16.3 Å². The highest BCUT2D eigenvalue weighted by Crippen LogP contribution is 2.21. The van der Waals surface area contributed by atoms with E-state index in [1.54, 1.807) is 11.3 Å². The molecule has 2 heterocycles. The van der Waals surface area contributed by atoms with Crippen molar-refractivity contribution in [2.75, 3.05) is 6.54 Å². The molecule has 92 valence electrons. The zero-order chi connectivity index (χ0) is 12.3. The number of halogens is 1. The van der Waals surface area contributed by atoms with E-state index in [2.05, 4.69) is 22.7 Å². The van der Waals surface area contributed by atoms with Crippen LogP contribution in [0.2, 0.25) is 4.34 Å². The number of nitrogens with one attached hydrogen (secondary N) is 1. The third-order valence-corrected chi connectivity index (χ3v) is 3.90. The second-order valence-electron chi connectivity index (χ2n) is 4.05. The average molecular weight is 270 g/mol. The summed E-state index contributed by atoms with van der Waals surface area (Å²) in [5.74, 6) is 0. The van der Waals surface area contributed by atoms with E-state index in [1.165, 1.54) is 10.4 Å². The summed E-state index contributed by atoms with van der Waals surface area (Å²) in [6.07, 6.45) is 3.08. The van der Waals surface area contributed by atoms with Crippen molar-refractivity contribution < 1.29 is 0 Å². The minimum atomic E-state index is 0.864. The van der Waals surface area contributed by atoms with Gasteiger partial charge in [-0.1, -0.05) is 11.6 Å². The zero-order valence-corrected chi connectivity index (χ0v) is 11.6. The Labute approximate surface area is 110 Å². The van der Waals surface area contributed by atoms with Gasteiger partial charge < -0.3 is 5.32 Å². The summed E-state index contributed by atoms with van der Waals surface area (Å²) >= 11 is 7.53. The van der Waals surface area contributed by atoms with Crippen LogP contribution in [0, 0.1) is 6.92 Å². The Morgan fingerprint density at radius 2 is 2.29 bits per heavy atom. The van der Waals surface area contributed by atoms with Crippen LogP contribution in [-0.2, 0) is 20.0 Å². The molecule has 17 heavy (non-hydrogen) atoms. The van der Waals surface area contributed by atoms with Gasteiger partial charge in [0.25, 0.3) is 0 Å². The Bertz CT molecular complexity index is 490. The van der Waals surface area contributed by atoms with Crippen molar-refractivity contribution in [3.05, 3.63) is 38.8 Å². The van der Waals surface area contributed by atoms with Crippen molar-refractivity contribution in [3.8, 4) is 0 Å². The minimum Gasteiger partial charge on any atom is -0.312 e. The number of aromatic nitrogens is 2. The Morgan fingerprint density at radius 3 is 2.88 bits per heavy atom. The van der Waals surface area contributed by atoms with Crippen LogP contribution in [0.15, 0.2) is 18.3 Å². The fourth-order valence-corrected chi connectivity index (χ4v) is 2.83. The number of thiophene rings is 1. The first-order chi connectivity index (χ1) is 8.15. The quantitative estimate of drug-likeness (QED) is 0.846. The van der Waals surface area contributed by atoms with E-state index in [-0.39, 0.29) is 0 Å². The van der Waals surface area contributed by atoms with Crippen molar-refractivity contribution in [3.63, 3.8) is 0 Å². The van der Waals surface area contributed by atoms with Crippen LogP contribution in [0.4, 0.5) is 0 Å². The molecule has 0 aliphatic carbocycles. The van der Waals surface area contributed by atoms with Crippen LogP contribution < -0.4 is 5.32 Å². The second-order valence-corrected chi connectivity index (χ2v) is 5.85. The fourth-order valence-electron chi connectivity index (χ4n) is 1.74. The molecule has 2 rings (SSSR count). The molecule has 0 spiro atoms. The topological polar surface area (TPSA) is 29.9 Å². The zero-order valence-electron chi connectivity index (χ0n) is 10.0. The first kappa shape index (κ1) is 12.6. The van der Waals surface area contributed by atoms with Gasteiger partial charge in [0, 0.05) is 36.8 Å². The van der Waals surface area contributed by atoms with Crippen molar-refractivity contribution in [2.24, 2.45) is 7.05 Å². The number of hydrogen-bond donors (Lipinski definition) is 1. The first-order valence-electron chi connectivity index (χ1n) is 5.59. The molecule has 0 amide bonds. The smallest absolute Gasteiger partial charge is 0.0931 e. The third kappa shape index (κ3) is 3.56. The van der Waals surface area contributed by atoms with Gasteiger partial charge in [0.1, 0.15) is 0 Å². The van der Waals surface area contributed by atoms with Crippen molar-refractivity contribution >= 4 is 22.9 Å². The molecular formula is C12H16ClN3S. The van der Waals surface area contributed by atoms with Crippen molar-refractivity contribution in [1.82, 2.24) is 15.1 Å². The summed E-state index contributed by atoms with van der Waals surface area (Å²) in [6, 6.07) is 4.04. The largest absolute Gasteiger partial charge is 0.312 e. The summed E-state index contributed by atoms with van der Waals surface area (Å²) in [5, 5.41) is 7.74. The van der Waals surface area contributed by atoms with E-state index < -0.39 is 0 Å². The van der Waals surface area contributed by atoms with Gasteiger partial charge in [-0.3, -0.25) is 4.68 Å². The number of nitrogens with zero attached hydrogens (tertiary/aromatic N) is 2. The molecule has 0 aliphatic heterocycles. The van der Waals surface area contributed by atoms with E-state index in [4.69, 9.17) is 11.6 Å². The molecule has 0 fully saturated rings. The lowest BCUT2D eigenvalue weighted by Gasteiger charge is -2.02. The molecule has 0 bridgehead atoms. The lowest BCUT2D eigenvalue weighted by molar-refractivity contribution is 0.687. The average Bonchev–Trinajstić information content (AvgIpc) is 2.81. The predicted octanol–water partition coefficient (Wildman–Crippen LogP) is 2.78.